The molecule has 5 rings (SSSR count). The molecule has 0 bridgehead atoms. The number of piperazine rings is 1. The van der Waals surface area contributed by atoms with E-state index in [9.17, 15) is 19.5 Å². The number of halogens is 1. The van der Waals surface area contributed by atoms with Crippen LogP contribution in [-0.2, 0) is 11.3 Å². The lowest BCUT2D eigenvalue weighted by molar-refractivity contribution is -0.140. The molecule has 1 atom stereocenters. The van der Waals surface area contributed by atoms with Crippen molar-refractivity contribution in [3.63, 3.8) is 0 Å². The van der Waals surface area contributed by atoms with Crippen molar-refractivity contribution in [3.05, 3.63) is 94.3 Å². The van der Waals surface area contributed by atoms with Gasteiger partial charge in [0.15, 0.2) is 6.10 Å². The molecule has 0 aliphatic carbocycles. The highest BCUT2D eigenvalue weighted by molar-refractivity contribution is 6.30. The Morgan fingerprint density at radius 3 is 2.37 bits per heavy atom. The smallest absolute Gasteiger partial charge is 0.264 e. The number of fused-ring (bicyclic) bond motifs is 1. The molecule has 0 spiro atoms. The number of rotatable bonds is 5. The van der Waals surface area contributed by atoms with Crippen LogP contribution in [0.4, 0.5) is 5.69 Å². The fraction of sp³-hybridized carbons (Fsp3) is 0.231. The van der Waals surface area contributed by atoms with E-state index in [1.807, 2.05) is 17.0 Å². The van der Waals surface area contributed by atoms with E-state index >= 15 is 0 Å². The highest BCUT2D eigenvalue weighted by atomic mass is 35.5. The van der Waals surface area contributed by atoms with E-state index in [0.717, 1.165) is 0 Å². The van der Waals surface area contributed by atoms with Crippen molar-refractivity contribution in [2.24, 2.45) is 0 Å². The number of benzene rings is 2. The van der Waals surface area contributed by atoms with E-state index < -0.39 is 6.10 Å². The van der Waals surface area contributed by atoms with Crippen LogP contribution in [0.2, 0.25) is 5.02 Å². The van der Waals surface area contributed by atoms with Crippen LogP contribution >= 0.6 is 11.6 Å². The molecule has 178 valence electrons. The van der Waals surface area contributed by atoms with Crippen LogP contribution in [0, 0.1) is 0 Å². The standard InChI is InChI=1S/C26H23ClN4O4/c27-18-9-7-17(8-10-18)23(32)26(35)30-14-12-29(13-15-30)21-6-3-5-20-22(21)25(34)31(24(20)33)16-19-4-1-2-11-28-19/h1-11,23,32H,12-16H2. The third-order valence-corrected chi connectivity index (χ3v) is 6.63. The molecule has 3 aromatic rings. The van der Waals surface area contributed by atoms with E-state index in [-0.39, 0.29) is 24.3 Å². The zero-order valence-corrected chi connectivity index (χ0v) is 19.6. The second-order valence-electron chi connectivity index (χ2n) is 8.48. The molecule has 2 aliphatic heterocycles. The molecule has 1 saturated heterocycles. The van der Waals surface area contributed by atoms with Gasteiger partial charge in [0.2, 0.25) is 0 Å². The Morgan fingerprint density at radius 2 is 1.69 bits per heavy atom. The summed E-state index contributed by atoms with van der Waals surface area (Å²) in [5, 5.41) is 11.0. The SMILES string of the molecule is O=C(C(O)c1ccc(Cl)cc1)N1CCN(c2cccc3c2C(=O)N(Cc2ccccn2)C3=O)CC1. The molecule has 2 aromatic carbocycles. The number of aromatic nitrogens is 1. The highest BCUT2D eigenvalue weighted by Crippen LogP contribution is 2.33. The minimum absolute atomic E-state index is 0.109. The normalized spacial score (nSPS) is 16.5. The van der Waals surface area contributed by atoms with Crippen LogP contribution in [0.3, 0.4) is 0 Å². The van der Waals surface area contributed by atoms with Crippen LogP contribution in [0.15, 0.2) is 66.9 Å². The third kappa shape index (κ3) is 4.38. The molecule has 3 heterocycles. The molecule has 35 heavy (non-hydrogen) atoms. The van der Waals surface area contributed by atoms with Gasteiger partial charge < -0.3 is 14.9 Å². The first-order valence-electron chi connectivity index (χ1n) is 11.3. The summed E-state index contributed by atoms with van der Waals surface area (Å²) in [6.07, 6.45) is 0.364. The number of hydrogen-bond donors (Lipinski definition) is 1. The summed E-state index contributed by atoms with van der Waals surface area (Å²) in [6.45, 7) is 1.81. The second kappa shape index (κ2) is 9.48. The van der Waals surface area contributed by atoms with E-state index in [1.165, 1.54) is 4.90 Å². The first-order chi connectivity index (χ1) is 16.9. The van der Waals surface area contributed by atoms with Gasteiger partial charge in [-0.3, -0.25) is 24.3 Å². The van der Waals surface area contributed by atoms with Crippen LogP contribution < -0.4 is 4.90 Å². The summed E-state index contributed by atoms with van der Waals surface area (Å²) in [6, 6.07) is 17.2. The molecule has 2 aliphatic rings. The van der Waals surface area contributed by atoms with Crippen molar-refractivity contribution < 1.29 is 19.5 Å². The molecule has 1 fully saturated rings. The summed E-state index contributed by atoms with van der Waals surface area (Å²) < 4.78 is 0. The van der Waals surface area contributed by atoms with Gasteiger partial charge in [-0.1, -0.05) is 35.9 Å². The summed E-state index contributed by atoms with van der Waals surface area (Å²) >= 11 is 5.89. The van der Waals surface area contributed by atoms with Gasteiger partial charge in [-0.2, -0.15) is 0 Å². The monoisotopic (exact) mass is 490 g/mol. The largest absolute Gasteiger partial charge is 0.378 e. The zero-order chi connectivity index (χ0) is 24.5. The Kier molecular flexibility index (Phi) is 6.23. The number of hydrogen-bond acceptors (Lipinski definition) is 6. The lowest BCUT2D eigenvalue weighted by atomic mass is 10.1. The summed E-state index contributed by atoms with van der Waals surface area (Å²) in [4.78, 5) is 48.2. The van der Waals surface area contributed by atoms with Crippen molar-refractivity contribution in [1.82, 2.24) is 14.8 Å². The Balaban J connectivity index is 1.29. The number of amides is 3. The van der Waals surface area contributed by atoms with Gasteiger partial charge in [-0.15, -0.1) is 0 Å². The summed E-state index contributed by atoms with van der Waals surface area (Å²) in [7, 11) is 0. The van der Waals surface area contributed by atoms with Gasteiger partial charge >= 0.3 is 0 Å². The maximum Gasteiger partial charge on any atom is 0.264 e. The Morgan fingerprint density at radius 1 is 0.943 bits per heavy atom. The molecule has 1 unspecified atom stereocenters. The van der Waals surface area contributed by atoms with Crippen LogP contribution in [0.5, 0.6) is 0 Å². The molecule has 1 aromatic heterocycles. The first-order valence-corrected chi connectivity index (χ1v) is 11.7. The fourth-order valence-electron chi connectivity index (χ4n) is 4.50. The van der Waals surface area contributed by atoms with E-state index in [1.54, 1.807) is 59.6 Å². The Bertz CT molecular complexity index is 1270. The van der Waals surface area contributed by atoms with Gasteiger partial charge in [-0.05, 0) is 42.0 Å². The first kappa shape index (κ1) is 23.0. The molecule has 1 N–H and O–H groups in total. The predicted molar refractivity (Wildman–Crippen MR) is 130 cm³/mol. The predicted octanol–water partition coefficient (Wildman–Crippen LogP) is 2.91. The lowest BCUT2D eigenvalue weighted by Gasteiger charge is -2.37. The number of nitrogens with zero attached hydrogens (tertiary/aromatic N) is 4. The quantitative estimate of drug-likeness (QED) is 0.553. The molecule has 0 radical (unpaired) electrons. The van der Waals surface area contributed by atoms with Gasteiger partial charge in [0.25, 0.3) is 17.7 Å². The van der Waals surface area contributed by atoms with Gasteiger partial charge in [0, 0.05) is 37.4 Å². The second-order valence-corrected chi connectivity index (χ2v) is 8.92. The Hall–Kier alpha value is -3.75. The van der Waals surface area contributed by atoms with E-state index in [4.69, 9.17) is 11.6 Å². The average Bonchev–Trinajstić information content (AvgIpc) is 3.14. The lowest BCUT2D eigenvalue weighted by Crippen LogP contribution is -2.50. The number of carbonyl (C=O) groups is 3. The number of anilines is 1. The van der Waals surface area contributed by atoms with Crippen molar-refractivity contribution in [3.8, 4) is 0 Å². The maximum absolute atomic E-state index is 13.3. The third-order valence-electron chi connectivity index (χ3n) is 6.37. The topological polar surface area (TPSA) is 94.1 Å². The summed E-state index contributed by atoms with van der Waals surface area (Å²) in [5.41, 5.74) is 2.55. The zero-order valence-electron chi connectivity index (χ0n) is 18.8. The van der Waals surface area contributed by atoms with E-state index in [0.29, 0.717) is 59.3 Å². The minimum atomic E-state index is -1.26. The van der Waals surface area contributed by atoms with Crippen LogP contribution in [0.1, 0.15) is 38.1 Å². The molecule has 9 heteroatoms. The van der Waals surface area contributed by atoms with Gasteiger partial charge in [0.05, 0.1) is 29.1 Å². The van der Waals surface area contributed by atoms with Crippen molar-refractivity contribution in [1.29, 1.82) is 0 Å². The summed E-state index contributed by atoms with van der Waals surface area (Å²) in [5.74, 6) is -1.06. The number of aliphatic hydroxyl groups excluding tert-OH is 1. The molecule has 3 amide bonds. The minimum Gasteiger partial charge on any atom is -0.378 e. The number of aliphatic hydroxyl groups is 1. The van der Waals surface area contributed by atoms with Crippen LogP contribution in [0.25, 0.3) is 0 Å². The van der Waals surface area contributed by atoms with Gasteiger partial charge in [-0.25, -0.2) is 0 Å². The number of imide groups is 1. The molecular formula is C26H23ClN4O4. The average molecular weight is 491 g/mol. The van der Waals surface area contributed by atoms with Gasteiger partial charge in [0.1, 0.15) is 0 Å². The molecule has 0 saturated carbocycles. The van der Waals surface area contributed by atoms with Crippen molar-refractivity contribution in [2.45, 2.75) is 12.6 Å². The Labute approximate surface area is 207 Å². The van der Waals surface area contributed by atoms with E-state index in [2.05, 4.69) is 4.98 Å². The van der Waals surface area contributed by atoms with Crippen molar-refractivity contribution in [2.75, 3.05) is 31.1 Å². The highest BCUT2D eigenvalue weighted by Gasteiger charge is 2.39. The number of carbonyl (C=O) groups excluding carboxylic acids is 3. The maximum atomic E-state index is 13.3. The molecular weight excluding hydrogens is 468 g/mol. The fourth-order valence-corrected chi connectivity index (χ4v) is 4.63. The van der Waals surface area contributed by atoms with Crippen LogP contribution in [-0.4, -0.2) is 63.8 Å². The van der Waals surface area contributed by atoms with Crippen molar-refractivity contribution >= 4 is 35.0 Å². The molecule has 8 nitrogen and oxygen atoms in total. The number of pyridine rings is 1.